The predicted octanol–water partition coefficient (Wildman–Crippen LogP) is 1.89. The predicted molar refractivity (Wildman–Crippen MR) is 78.8 cm³/mol. The molecule has 0 fully saturated rings. The fourth-order valence-electron chi connectivity index (χ4n) is 2.29. The number of hydrogen-bond acceptors (Lipinski definition) is 5. The molecule has 0 atom stereocenters. The fourth-order valence-corrected chi connectivity index (χ4v) is 2.58. The van der Waals surface area contributed by atoms with Gasteiger partial charge >= 0.3 is 0 Å². The molecule has 0 saturated heterocycles. The Morgan fingerprint density at radius 3 is 3.00 bits per heavy atom. The van der Waals surface area contributed by atoms with Crippen molar-refractivity contribution >= 4 is 17.6 Å². The van der Waals surface area contributed by atoms with Crippen LogP contribution in [-0.2, 0) is 6.54 Å². The summed E-state index contributed by atoms with van der Waals surface area (Å²) in [5, 5.41) is 3.92. The average Bonchev–Trinajstić information content (AvgIpc) is 2.70. The molecule has 20 heavy (non-hydrogen) atoms. The van der Waals surface area contributed by atoms with Gasteiger partial charge in [-0.25, -0.2) is 0 Å². The van der Waals surface area contributed by atoms with Crippen molar-refractivity contribution in [2.75, 3.05) is 33.4 Å². The summed E-state index contributed by atoms with van der Waals surface area (Å²) in [5.74, 6) is 2.31. The molecule has 2 heterocycles. The Hall–Kier alpha value is -1.62. The van der Waals surface area contributed by atoms with Crippen molar-refractivity contribution in [3.05, 3.63) is 22.7 Å². The van der Waals surface area contributed by atoms with E-state index in [0.29, 0.717) is 30.5 Å². The third-order valence-corrected chi connectivity index (χ3v) is 3.65. The van der Waals surface area contributed by atoms with E-state index in [2.05, 4.69) is 15.2 Å². The van der Waals surface area contributed by atoms with E-state index in [-0.39, 0.29) is 0 Å². The van der Waals surface area contributed by atoms with Gasteiger partial charge in [0, 0.05) is 26.6 Å². The van der Waals surface area contributed by atoms with E-state index in [1.807, 2.05) is 19.2 Å². The maximum Gasteiger partial charge on any atom is 0.194 e. The molecule has 3 rings (SSSR count). The maximum atomic E-state index is 6.27. The number of halogens is 1. The van der Waals surface area contributed by atoms with Gasteiger partial charge in [0.15, 0.2) is 17.5 Å². The summed E-state index contributed by atoms with van der Waals surface area (Å²) in [6, 6.07) is 3.90. The largest absolute Gasteiger partial charge is 0.489 e. The lowest BCUT2D eigenvalue weighted by Gasteiger charge is -2.16. The molecular weight excluding hydrogens is 278 g/mol. The zero-order valence-electron chi connectivity index (χ0n) is 11.5. The molecule has 0 radical (unpaired) electrons. The summed E-state index contributed by atoms with van der Waals surface area (Å²) in [6.07, 6.45) is 0.875. The molecule has 5 nitrogen and oxygen atoms in total. The minimum Gasteiger partial charge on any atom is -0.489 e. The van der Waals surface area contributed by atoms with Crippen LogP contribution in [0.25, 0.3) is 0 Å². The number of fused-ring (bicyclic) bond motifs is 1. The minimum absolute atomic E-state index is 0.600. The van der Waals surface area contributed by atoms with Crippen LogP contribution in [-0.4, -0.2) is 44.2 Å². The van der Waals surface area contributed by atoms with Crippen LogP contribution in [0.5, 0.6) is 11.5 Å². The molecule has 0 bridgehead atoms. The second-order valence-corrected chi connectivity index (χ2v) is 5.34. The molecule has 2 aliphatic heterocycles. The van der Waals surface area contributed by atoms with Gasteiger partial charge in [0.1, 0.15) is 0 Å². The molecule has 2 aliphatic rings. The standard InChI is InChI=1S/C14H18ClN3O2/c1-18-4-3-16-14(18)17-9-10-7-11(15)13-12(8-10)19-5-2-6-20-13/h7-8H,2-6,9H2,1H3,(H,16,17). The molecule has 108 valence electrons. The average molecular weight is 296 g/mol. The highest BCUT2D eigenvalue weighted by Gasteiger charge is 2.16. The van der Waals surface area contributed by atoms with Gasteiger partial charge in [0.2, 0.25) is 0 Å². The summed E-state index contributed by atoms with van der Waals surface area (Å²) in [5.41, 5.74) is 1.06. The van der Waals surface area contributed by atoms with Crippen molar-refractivity contribution in [2.24, 2.45) is 4.99 Å². The van der Waals surface area contributed by atoms with E-state index in [9.17, 15) is 0 Å². The lowest BCUT2D eigenvalue weighted by Crippen LogP contribution is -2.35. The first-order chi connectivity index (χ1) is 9.74. The highest BCUT2D eigenvalue weighted by molar-refractivity contribution is 6.32. The van der Waals surface area contributed by atoms with Crippen LogP contribution in [0.2, 0.25) is 5.02 Å². The lowest BCUT2D eigenvalue weighted by atomic mass is 10.2. The highest BCUT2D eigenvalue weighted by Crippen LogP contribution is 2.37. The Morgan fingerprint density at radius 2 is 2.20 bits per heavy atom. The quantitative estimate of drug-likeness (QED) is 0.905. The summed E-state index contributed by atoms with van der Waals surface area (Å²) in [7, 11) is 2.03. The number of guanidine groups is 1. The van der Waals surface area contributed by atoms with Crippen LogP contribution in [0, 0.1) is 0 Å². The Labute approximate surface area is 123 Å². The second-order valence-electron chi connectivity index (χ2n) is 4.94. The maximum absolute atomic E-state index is 6.27. The van der Waals surface area contributed by atoms with Crippen molar-refractivity contribution in [1.29, 1.82) is 0 Å². The van der Waals surface area contributed by atoms with Gasteiger partial charge in [0.25, 0.3) is 0 Å². The molecule has 1 aromatic rings. The number of nitrogens with one attached hydrogen (secondary N) is 1. The monoisotopic (exact) mass is 295 g/mol. The molecule has 0 amide bonds. The smallest absolute Gasteiger partial charge is 0.194 e. The van der Waals surface area contributed by atoms with E-state index in [1.165, 1.54) is 0 Å². The van der Waals surface area contributed by atoms with Crippen LogP contribution in [0.3, 0.4) is 0 Å². The van der Waals surface area contributed by atoms with Crippen molar-refractivity contribution in [2.45, 2.75) is 13.0 Å². The Morgan fingerprint density at radius 1 is 1.35 bits per heavy atom. The lowest BCUT2D eigenvalue weighted by molar-refractivity contribution is 0.297. The van der Waals surface area contributed by atoms with Gasteiger partial charge in [-0.05, 0) is 17.7 Å². The van der Waals surface area contributed by atoms with E-state index in [1.54, 1.807) is 0 Å². The summed E-state index contributed by atoms with van der Waals surface area (Å²) < 4.78 is 11.3. The van der Waals surface area contributed by atoms with Gasteiger partial charge in [0.05, 0.1) is 24.8 Å². The van der Waals surface area contributed by atoms with Crippen LogP contribution >= 0.6 is 11.6 Å². The second kappa shape index (κ2) is 5.79. The molecule has 0 aromatic heterocycles. The van der Waals surface area contributed by atoms with E-state index < -0.39 is 0 Å². The molecule has 1 aromatic carbocycles. The van der Waals surface area contributed by atoms with E-state index >= 15 is 0 Å². The number of likely N-dealkylation sites (N-methyl/N-ethyl adjacent to an activating group) is 1. The first-order valence-electron chi connectivity index (χ1n) is 6.81. The number of benzene rings is 1. The summed E-state index contributed by atoms with van der Waals surface area (Å²) >= 11 is 6.27. The number of rotatable bonds is 2. The molecule has 0 aliphatic carbocycles. The number of aliphatic imine (C=N–C) groups is 1. The zero-order valence-corrected chi connectivity index (χ0v) is 12.2. The summed E-state index contributed by atoms with van der Waals surface area (Å²) in [6.45, 7) is 3.78. The number of nitrogens with zero attached hydrogens (tertiary/aromatic N) is 2. The highest BCUT2D eigenvalue weighted by atomic mass is 35.5. The van der Waals surface area contributed by atoms with Crippen LogP contribution in [0.15, 0.2) is 17.1 Å². The molecule has 0 spiro atoms. The topological polar surface area (TPSA) is 46.1 Å². The fraction of sp³-hybridized carbons (Fsp3) is 0.500. The first-order valence-corrected chi connectivity index (χ1v) is 7.19. The number of hydrogen-bond donors (Lipinski definition) is 1. The van der Waals surface area contributed by atoms with Crippen molar-refractivity contribution < 1.29 is 9.47 Å². The van der Waals surface area contributed by atoms with Crippen molar-refractivity contribution in [1.82, 2.24) is 10.2 Å². The van der Waals surface area contributed by atoms with Crippen LogP contribution < -0.4 is 14.8 Å². The molecule has 0 unspecified atom stereocenters. The van der Waals surface area contributed by atoms with Gasteiger partial charge in [-0.15, -0.1) is 0 Å². The van der Waals surface area contributed by atoms with E-state index in [4.69, 9.17) is 21.1 Å². The van der Waals surface area contributed by atoms with Crippen molar-refractivity contribution in [3.8, 4) is 11.5 Å². The van der Waals surface area contributed by atoms with Crippen LogP contribution in [0.1, 0.15) is 12.0 Å². The van der Waals surface area contributed by atoms with Gasteiger partial charge in [-0.2, -0.15) is 0 Å². The minimum atomic E-state index is 0.600. The van der Waals surface area contributed by atoms with Gasteiger partial charge in [-0.3, -0.25) is 4.99 Å². The normalized spacial score (nSPS) is 17.7. The van der Waals surface area contributed by atoms with Crippen LogP contribution in [0.4, 0.5) is 0 Å². The third-order valence-electron chi connectivity index (χ3n) is 3.37. The van der Waals surface area contributed by atoms with Gasteiger partial charge in [-0.1, -0.05) is 11.6 Å². The summed E-state index contributed by atoms with van der Waals surface area (Å²) in [4.78, 5) is 6.50. The van der Waals surface area contributed by atoms with E-state index in [0.717, 1.165) is 36.8 Å². The molecular formula is C14H18ClN3O2. The SMILES string of the molecule is CN1CCN=C1NCc1cc(Cl)c2c(c1)OCCCO2. The molecule has 1 N–H and O–H groups in total. The first kappa shape index (κ1) is 13.4. The number of ether oxygens (including phenoxy) is 2. The Bertz CT molecular complexity index is 533. The van der Waals surface area contributed by atoms with Crippen molar-refractivity contribution in [3.63, 3.8) is 0 Å². The third kappa shape index (κ3) is 2.77. The molecule has 0 saturated carbocycles. The van der Waals surface area contributed by atoms with Gasteiger partial charge < -0.3 is 19.7 Å². The zero-order chi connectivity index (χ0) is 13.9. The Kier molecular flexibility index (Phi) is 3.87. The molecule has 6 heteroatoms. The Balaban J connectivity index is 1.74.